The summed E-state index contributed by atoms with van der Waals surface area (Å²) in [6.07, 6.45) is 0. The molecule has 0 saturated heterocycles. The molecule has 0 heterocycles. The molecular formula is C12H6Br2F2O3S. The molecule has 0 saturated carbocycles. The lowest BCUT2D eigenvalue weighted by Gasteiger charge is -2.09. The molecule has 8 heteroatoms. The van der Waals surface area contributed by atoms with Gasteiger partial charge in [0.05, 0.1) is 0 Å². The molecule has 0 amide bonds. The fourth-order valence-corrected chi connectivity index (χ4v) is 3.75. The fourth-order valence-electron chi connectivity index (χ4n) is 1.37. The van der Waals surface area contributed by atoms with Crippen LogP contribution < -0.4 is 4.18 Å². The average Bonchev–Trinajstić information content (AvgIpc) is 2.36. The second kappa shape index (κ2) is 5.79. The van der Waals surface area contributed by atoms with E-state index < -0.39 is 21.8 Å². The second-order valence-electron chi connectivity index (χ2n) is 3.69. The molecule has 0 spiro atoms. The van der Waals surface area contributed by atoms with E-state index in [9.17, 15) is 17.2 Å². The lowest BCUT2D eigenvalue weighted by molar-refractivity contribution is 0.471. The Bertz CT molecular complexity index is 763. The summed E-state index contributed by atoms with van der Waals surface area (Å²) < 4.78 is 55.6. The van der Waals surface area contributed by atoms with Crippen molar-refractivity contribution in [1.82, 2.24) is 0 Å². The van der Waals surface area contributed by atoms with E-state index in [2.05, 4.69) is 31.9 Å². The summed E-state index contributed by atoms with van der Waals surface area (Å²) in [6.45, 7) is 0. The monoisotopic (exact) mass is 426 g/mol. The fraction of sp³-hybridized carbons (Fsp3) is 0. The molecule has 0 fully saturated rings. The molecule has 0 aliphatic rings. The van der Waals surface area contributed by atoms with Gasteiger partial charge in [-0.2, -0.15) is 8.42 Å². The van der Waals surface area contributed by atoms with E-state index in [-0.39, 0.29) is 10.6 Å². The minimum Gasteiger partial charge on any atom is -0.379 e. The summed E-state index contributed by atoms with van der Waals surface area (Å²) in [5.74, 6) is -2.58. The smallest absolute Gasteiger partial charge is 0.340 e. The van der Waals surface area contributed by atoms with Crippen molar-refractivity contribution in [3.05, 3.63) is 57.0 Å². The first-order valence-electron chi connectivity index (χ1n) is 5.14. The predicted octanol–water partition coefficient (Wildman–Crippen LogP) is 4.26. The number of halogens is 4. The third-order valence-electron chi connectivity index (χ3n) is 2.26. The van der Waals surface area contributed by atoms with Crippen LogP contribution in [0.1, 0.15) is 0 Å². The highest BCUT2D eigenvalue weighted by Crippen LogP contribution is 2.28. The van der Waals surface area contributed by atoms with E-state index in [1.165, 1.54) is 12.1 Å². The van der Waals surface area contributed by atoms with Gasteiger partial charge in [-0.3, -0.25) is 0 Å². The second-order valence-corrected chi connectivity index (χ2v) is 6.97. The molecule has 2 aromatic rings. The van der Waals surface area contributed by atoms with Crippen molar-refractivity contribution in [2.24, 2.45) is 0 Å². The molecule has 3 nitrogen and oxygen atoms in total. The van der Waals surface area contributed by atoms with E-state index in [4.69, 9.17) is 4.18 Å². The van der Waals surface area contributed by atoms with E-state index in [0.717, 1.165) is 12.1 Å². The Morgan fingerprint density at radius 3 is 2.30 bits per heavy atom. The largest absolute Gasteiger partial charge is 0.379 e. The number of benzene rings is 2. The molecule has 20 heavy (non-hydrogen) atoms. The van der Waals surface area contributed by atoms with Gasteiger partial charge in [-0.25, -0.2) is 8.78 Å². The van der Waals surface area contributed by atoms with Crippen molar-refractivity contribution >= 4 is 42.0 Å². The average molecular weight is 428 g/mol. The van der Waals surface area contributed by atoms with Crippen LogP contribution in [0.3, 0.4) is 0 Å². The summed E-state index contributed by atoms with van der Waals surface area (Å²) in [4.78, 5) is -0.128. The highest BCUT2D eigenvalue weighted by atomic mass is 79.9. The summed E-state index contributed by atoms with van der Waals surface area (Å²) in [6, 6.07) is 6.97. The molecule has 106 valence electrons. The van der Waals surface area contributed by atoms with Gasteiger partial charge in [-0.1, -0.05) is 15.9 Å². The maximum absolute atomic E-state index is 13.0. The van der Waals surface area contributed by atoms with Gasteiger partial charge in [0.25, 0.3) is 0 Å². The Kier molecular flexibility index (Phi) is 4.46. The third-order valence-corrected chi connectivity index (χ3v) is 5.00. The van der Waals surface area contributed by atoms with Crippen molar-refractivity contribution < 1.29 is 21.4 Å². The lowest BCUT2D eigenvalue weighted by Crippen LogP contribution is -2.10. The van der Waals surface area contributed by atoms with Crippen molar-refractivity contribution in [3.8, 4) is 5.75 Å². The van der Waals surface area contributed by atoms with Crippen LogP contribution in [0.4, 0.5) is 8.78 Å². The van der Waals surface area contributed by atoms with Crippen LogP contribution in [0.25, 0.3) is 0 Å². The maximum atomic E-state index is 13.0. The van der Waals surface area contributed by atoms with Crippen molar-refractivity contribution in [2.45, 2.75) is 4.90 Å². The lowest BCUT2D eigenvalue weighted by atomic mass is 10.3. The number of hydrogen-bond acceptors (Lipinski definition) is 3. The summed E-state index contributed by atoms with van der Waals surface area (Å²) >= 11 is 6.24. The molecule has 0 atom stereocenters. The number of hydrogen-bond donors (Lipinski definition) is 0. The third kappa shape index (κ3) is 3.36. The molecule has 0 aliphatic carbocycles. The highest BCUT2D eigenvalue weighted by molar-refractivity contribution is 9.11. The Morgan fingerprint density at radius 2 is 1.65 bits per heavy atom. The standard InChI is InChI=1S/C12H6Br2F2O3S/c13-7-1-3-9(14)12(5-7)20(17,18)19-8-2-4-10(15)11(16)6-8/h1-6H. The van der Waals surface area contributed by atoms with Gasteiger partial charge in [0.15, 0.2) is 11.6 Å². The minimum absolute atomic E-state index is 0.128. The van der Waals surface area contributed by atoms with E-state index in [0.29, 0.717) is 15.0 Å². The van der Waals surface area contributed by atoms with Crippen LogP contribution in [0.5, 0.6) is 5.75 Å². The van der Waals surface area contributed by atoms with Gasteiger partial charge < -0.3 is 4.18 Å². The van der Waals surface area contributed by atoms with E-state index in [1.54, 1.807) is 6.07 Å². The molecule has 0 aliphatic heterocycles. The van der Waals surface area contributed by atoms with Gasteiger partial charge in [-0.15, -0.1) is 0 Å². The molecule has 0 N–H and O–H groups in total. The van der Waals surface area contributed by atoms with Gasteiger partial charge in [0.2, 0.25) is 0 Å². The van der Waals surface area contributed by atoms with Gasteiger partial charge in [0, 0.05) is 15.0 Å². The van der Waals surface area contributed by atoms with Crippen molar-refractivity contribution in [1.29, 1.82) is 0 Å². The van der Waals surface area contributed by atoms with Gasteiger partial charge in [0.1, 0.15) is 10.6 Å². The van der Waals surface area contributed by atoms with Gasteiger partial charge in [-0.05, 0) is 46.3 Å². The van der Waals surface area contributed by atoms with Gasteiger partial charge >= 0.3 is 10.1 Å². The number of rotatable bonds is 3. The van der Waals surface area contributed by atoms with Crippen LogP contribution in [-0.2, 0) is 10.1 Å². The normalized spacial score (nSPS) is 11.4. The van der Waals surface area contributed by atoms with Crippen LogP contribution >= 0.6 is 31.9 Å². The molecule has 0 unspecified atom stereocenters. The van der Waals surface area contributed by atoms with E-state index >= 15 is 0 Å². The summed E-state index contributed by atoms with van der Waals surface area (Å²) in [5, 5.41) is 0. The predicted molar refractivity (Wildman–Crippen MR) is 76.0 cm³/mol. The van der Waals surface area contributed by atoms with Crippen LogP contribution in [0.2, 0.25) is 0 Å². The Balaban J connectivity index is 2.40. The first-order valence-corrected chi connectivity index (χ1v) is 8.13. The van der Waals surface area contributed by atoms with Crippen molar-refractivity contribution in [2.75, 3.05) is 0 Å². The summed E-state index contributed by atoms with van der Waals surface area (Å²) in [7, 11) is -4.16. The molecular weight excluding hydrogens is 422 g/mol. The molecule has 2 rings (SSSR count). The Morgan fingerprint density at radius 1 is 0.950 bits per heavy atom. The zero-order chi connectivity index (χ0) is 14.9. The molecule has 2 aromatic carbocycles. The Hall–Kier alpha value is -0.990. The molecule has 0 bridgehead atoms. The zero-order valence-corrected chi connectivity index (χ0v) is 13.6. The van der Waals surface area contributed by atoms with Crippen LogP contribution in [0.15, 0.2) is 50.2 Å². The first-order chi connectivity index (χ1) is 9.29. The highest BCUT2D eigenvalue weighted by Gasteiger charge is 2.21. The van der Waals surface area contributed by atoms with Crippen LogP contribution in [0, 0.1) is 11.6 Å². The topological polar surface area (TPSA) is 43.4 Å². The summed E-state index contributed by atoms with van der Waals surface area (Å²) in [5.41, 5.74) is 0. The molecule has 0 radical (unpaired) electrons. The van der Waals surface area contributed by atoms with Crippen molar-refractivity contribution in [3.63, 3.8) is 0 Å². The Labute approximate surface area is 131 Å². The van der Waals surface area contributed by atoms with Crippen LogP contribution in [-0.4, -0.2) is 8.42 Å². The maximum Gasteiger partial charge on any atom is 0.340 e. The quantitative estimate of drug-likeness (QED) is 0.687. The SMILES string of the molecule is O=S(=O)(Oc1ccc(F)c(F)c1)c1cc(Br)ccc1Br. The molecule has 0 aromatic heterocycles. The first kappa shape index (κ1) is 15.4. The zero-order valence-electron chi connectivity index (χ0n) is 9.61. The van der Waals surface area contributed by atoms with E-state index in [1.807, 2.05) is 0 Å². The minimum atomic E-state index is -4.16.